The molecule has 45 heavy (non-hydrogen) atoms. The minimum absolute atomic E-state index is 0.0297. The summed E-state index contributed by atoms with van der Waals surface area (Å²) in [4.78, 5) is 38.0. The molecule has 5 aromatic rings. The van der Waals surface area contributed by atoms with E-state index in [0.29, 0.717) is 34.9 Å². The Morgan fingerprint density at radius 2 is 1.84 bits per heavy atom. The van der Waals surface area contributed by atoms with Crippen LogP contribution >= 0.6 is 0 Å². The number of benzene rings is 2. The van der Waals surface area contributed by atoms with Gasteiger partial charge in [0.05, 0.1) is 11.7 Å². The number of anilines is 1. The Bertz CT molecular complexity index is 1880. The molecule has 1 aliphatic carbocycles. The lowest BCUT2D eigenvalue weighted by molar-refractivity contribution is 0.0473. The quantitative estimate of drug-likeness (QED) is 0.141. The number of nitrogens with zero attached hydrogens (tertiary/aromatic N) is 2. The summed E-state index contributed by atoms with van der Waals surface area (Å²) in [5.41, 5.74) is 7.59. The summed E-state index contributed by atoms with van der Waals surface area (Å²) in [6, 6.07) is 17.6. The largest absolute Gasteiger partial charge is 0.491 e. The zero-order valence-electron chi connectivity index (χ0n) is 25.9. The SMILES string of the molecule is Cc1ccc(COC(=O)c2cccnc2NCc2cc(OC(C)C)cc(-c3c[nH]c4ncc(C(=O)NC5CC5)cc34)c2)cc1C. The Morgan fingerprint density at radius 3 is 2.62 bits per heavy atom. The van der Waals surface area contributed by atoms with Gasteiger partial charge < -0.3 is 25.1 Å². The third-order valence-electron chi connectivity index (χ3n) is 7.78. The molecular weight excluding hydrogens is 566 g/mol. The first kappa shape index (κ1) is 29.9. The average molecular weight is 604 g/mol. The number of carbonyl (C=O) groups excluding carboxylic acids is 2. The van der Waals surface area contributed by atoms with Gasteiger partial charge in [-0.1, -0.05) is 18.2 Å². The fraction of sp³-hybridized carbons (Fsp3) is 0.278. The molecule has 1 fully saturated rings. The first-order chi connectivity index (χ1) is 21.7. The fourth-order valence-corrected chi connectivity index (χ4v) is 5.14. The molecule has 3 heterocycles. The van der Waals surface area contributed by atoms with Gasteiger partial charge in [0, 0.05) is 42.1 Å². The molecule has 1 saturated carbocycles. The average Bonchev–Trinajstić information content (AvgIpc) is 3.74. The Balaban J connectivity index is 1.23. The number of hydrogen-bond acceptors (Lipinski definition) is 7. The lowest BCUT2D eigenvalue weighted by Gasteiger charge is -2.15. The van der Waals surface area contributed by atoms with Crippen molar-refractivity contribution in [3.05, 3.63) is 107 Å². The number of hydrogen-bond donors (Lipinski definition) is 3. The van der Waals surface area contributed by atoms with E-state index in [1.807, 2.05) is 63.4 Å². The molecule has 230 valence electrons. The second-order valence-electron chi connectivity index (χ2n) is 11.9. The van der Waals surface area contributed by atoms with Crippen molar-refractivity contribution in [2.45, 2.75) is 65.8 Å². The standard InChI is InChI=1S/C36H37N5O4/c1-21(2)45-29-14-25(13-26(15-29)32-19-40-34-31(32)16-27(18-39-34)35(42)41-28-9-10-28)17-38-33-30(6-5-11-37-33)36(43)44-20-24-8-7-22(3)23(4)12-24/h5-8,11-16,18-19,21,28H,9-10,17,20H2,1-4H3,(H,37,38)(H,39,40)(H,41,42). The van der Waals surface area contributed by atoms with Crippen molar-refractivity contribution in [2.24, 2.45) is 0 Å². The summed E-state index contributed by atoms with van der Waals surface area (Å²) in [5, 5.41) is 7.20. The molecule has 9 nitrogen and oxygen atoms in total. The van der Waals surface area contributed by atoms with Crippen LogP contribution in [0.3, 0.4) is 0 Å². The number of aromatic nitrogens is 3. The highest BCUT2D eigenvalue weighted by molar-refractivity contribution is 6.01. The molecule has 0 unspecified atom stereocenters. The van der Waals surface area contributed by atoms with Crippen molar-refractivity contribution in [1.29, 1.82) is 0 Å². The minimum Gasteiger partial charge on any atom is -0.491 e. The van der Waals surface area contributed by atoms with Gasteiger partial charge in [-0.25, -0.2) is 14.8 Å². The molecule has 0 radical (unpaired) electrons. The van der Waals surface area contributed by atoms with Crippen molar-refractivity contribution >= 4 is 28.7 Å². The van der Waals surface area contributed by atoms with Gasteiger partial charge >= 0.3 is 5.97 Å². The number of aryl methyl sites for hydroxylation is 2. The lowest BCUT2D eigenvalue weighted by Crippen LogP contribution is -2.25. The van der Waals surface area contributed by atoms with Crippen molar-refractivity contribution < 1.29 is 19.1 Å². The zero-order valence-corrected chi connectivity index (χ0v) is 25.9. The number of amides is 1. The van der Waals surface area contributed by atoms with Gasteiger partial charge in [-0.2, -0.15) is 0 Å². The number of rotatable bonds is 11. The molecule has 1 aliphatic rings. The van der Waals surface area contributed by atoms with Crippen molar-refractivity contribution in [1.82, 2.24) is 20.3 Å². The van der Waals surface area contributed by atoms with Crippen LogP contribution in [0.5, 0.6) is 5.75 Å². The van der Waals surface area contributed by atoms with E-state index in [0.717, 1.165) is 46.0 Å². The second-order valence-corrected chi connectivity index (χ2v) is 11.9. The summed E-state index contributed by atoms with van der Waals surface area (Å²) in [6.07, 6.45) is 7.15. The number of aromatic amines is 1. The van der Waals surface area contributed by atoms with Gasteiger partial charge in [0.15, 0.2) is 0 Å². The maximum absolute atomic E-state index is 13.1. The molecule has 6 rings (SSSR count). The first-order valence-electron chi connectivity index (χ1n) is 15.2. The second kappa shape index (κ2) is 12.8. The number of nitrogens with one attached hydrogen (secondary N) is 3. The Hall–Kier alpha value is -5.18. The van der Waals surface area contributed by atoms with Crippen LogP contribution in [0.2, 0.25) is 0 Å². The van der Waals surface area contributed by atoms with Crippen LogP contribution in [0.4, 0.5) is 5.82 Å². The van der Waals surface area contributed by atoms with Crippen LogP contribution in [0.15, 0.2) is 73.2 Å². The molecule has 0 spiro atoms. The Morgan fingerprint density at radius 1 is 1.00 bits per heavy atom. The van der Waals surface area contributed by atoms with Crippen molar-refractivity contribution in [2.75, 3.05) is 5.32 Å². The van der Waals surface area contributed by atoms with E-state index in [-0.39, 0.29) is 24.7 Å². The lowest BCUT2D eigenvalue weighted by atomic mass is 10.0. The predicted octanol–water partition coefficient (Wildman–Crippen LogP) is 6.89. The number of ether oxygens (including phenoxy) is 2. The zero-order chi connectivity index (χ0) is 31.5. The third kappa shape index (κ3) is 7.15. The number of fused-ring (bicyclic) bond motifs is 1. The van der Waals surface area contributed by atoms with Crippen LogP contribution in [-0.4, -0.2) is 39.0 Å². The highest BCUT2D eigenvalue weighted by atomic mass is 16.5. The number of esters is 1. The molecule has 9 heteroatoms. The van der Waals surface area contributed by atoms with Gasteiger partial charge in [-0.05, 0) is 105 Å². The summed E-state index contributed by atoms with van der Waals surface area (Å²) in [7, 11) is 0. The van der Waals surface area contributed by atoms with E-state index in [9.17, 15) is 9.59 Å². The third-order valence-corrected chi connectivity index (χ3v) is 7.78. The minimum atomic E-state index is -0.450. The molecule has 3 N–H and O–H groups in total. The number of carbonyl (C=O) groups is 2. The van der Waals surface area contributed by atoms with Crippen LogP contribution in [0.25, 0.3) is 22.2 Å². The predicted molar refractivity (Wildman–Crippen MR) is 174 cm³/mol. The van der Waals surface area contributed by atoms with E-state index in [1.165, 1.54) is 5.56 Å². The van der Waals surface area contributed by atoms with Gasteiger partial charge in [0.25, 0.3) is 5.91 Å². The molecule has 1 amide bonds. The summed E-state index contributed by atoms with van der Waals surface area (Å²) in [5.74, 6) is 0.578. The molecular formula is C36H37N5O4. The van der Waals surface area contributed by atoms with E-state index < -0.39 is 5.97 Å². The fourth-order valence-electron chi connectivity index (χ4n) is 5.14. The monoisotopic (exact) mass is 603 g/mol. The molecule has 0 atom stereocenters. The van der Waals surface area contributed by atoms with Crippen LogP contribution in [0, 0.1) is 13.8 Å². The van der Waals surface area contributed by atoms with Crippen LogP contribution < -0.4 is 15.4 Å². The van der Waals surface area contributed by atoms with Crippen LogP contribution in [-0.2, 0) is 17.9 Å². The van der Waals surface area contributed by atoms with Gasteiger partial charge in [0.2, 0.25) is 0 Å². The molecule has 0 bridgehead atoms. The highest BCUT2D eigenvalue weighted by Crippen LogP contribution is 2.33. The Kier molecular flexibility index (Phi) is 8.51. The number of pyridine rings is 2. The Labute approximate surface area is 262 Å². The van der Waals surface area contributed by atoms with Crippen molar-refractivity contribution in [3.63, 3.8) is 0 Å². The summed E-state index contributed by atoms with van der Waals surface area (Å²) < 4.78 is 11.8. The van der Waals surface area contributed by atoms with E-state index in [1.54, 1.807) is 24.5 Å². The van der Waals surface area contributed by atoms with Gasteiger partial charge in [0.1, 0.15) is 29.4 Å². The maximum Gasteiger partial charge on any atom is 0.342 e. The maximum atomic E-state index is 13.1. The molecule has 3 aromatic heterocycles. The first-order valence-corrected chi connectivity index (χ1v) is 15.2. The molecule has 2 aromatic carbocycles. The highest BCUT2D eigenvalue weighted by Gasteiger charge is 2.24. The number of H-pyrrole nitrogens is 1. The normalized spacial score (nSPS) is 12.7. The van der Waals surface area contributed by atoms with E-state index in [2.05, 4.69) is 38.6 Å². The van der Waals surface area contributed by atoms with Gasteiger partial charge in [-0.3, -0.25) is 4.79 Å². The molecule has 0 saturated heterocycles. The van der Waals surface area contributed by atoms with Crippen molar-refractivity contribution in [3.8, 4) is 16.9 Å². The topological polar surface area (TPSA) is 118 Å². The molecule has 0 aliphatic heterocycles. The van der Waals surface area contributed by atoms with E-state index >= 15 is 0 Å². The smallest absolute Gasteiger partial charge is 0.342 e. The van der Waals surface area contributed by atoms with E-state index in [4.69, 9.17) is 9.47 Å². The van der Waals surface area contributed by atoms with Gasteiger partial charge in [-0.15, -0.1) is 0 Å². The summed E-state index contributed by atoms with van der Waals surface area (Å²) >= 11 is 0. The van der Waals surface area contributed by atoms with Crippen LogP contribution in [0.1, 0.15) is 69.7 Å². The summed E-state index contributed by atoms with van der Waals surface area (Å²) in [6.45, 7) is 8.61.